The monoisotopic (exact) mass is 317 g/mol. The first-order valence-electron chi connectivity index (χ1n) is 7.81. The lowest BCUT2D eigenvalue weighted by molar-refractivity contribution is -0.123. The van der Waals surface area contributed by atoms with E-state index in [9.17, 15) is 9.59 Å². The molecule has 118 valence electrons. The molecule has 2 aromatic carbocycles. The average Bonchev–Trinajstić information content (AvgIpc) is 3.13. The summed E-state index contributed by atoms with van der Waals surface area (Å²) in [6.45, 7) is 0. The van der Waals surface area contributed by atoms with Gasteiger partial charge in [0.25, 0.3) is 0 Å². The Balaban J connectivity index is 1.86. The van der Waals surface area contributed by atoms with Crippen molar-refractivity contribution in [1.29, 1.82) is 0 Å². The van der Waals surface area contributed by atoms with Gasteiger partial charge in [-0.05, 0) is 23.8 Å². The first kappa shape index (κ1) is 14.4. The molecule has 0 radical (unpaired) electrons. The second-order valence-electron chi connectivity index (χ2n) is 5.61. The normalized spacial score (nSPS) is 15.1. The summed E-state index contributed by atoms with van der Waals surface area (Å²) in [5.74, 6) is 0.165. The van der Waals surface area contributed by atoms with Crippen molar-refractivity contribution in [2.45, 2.75) is 12.8 Å². The van der Waals surface area contributed by atoms with Crippen LogP contribution in [0.15, 0.2) is 54.6 Å². The van der Waals surface area contributed by atoms with Crippen molar-refractivity contribution >= 4 is 35.0 Å². The molecule has 0 atom stereocenters. The van der Waals surface area contributed by atoms with Crippen molar-refractivity contribution in [1.82, 2.24) is 9.66 Å². The molecule has 1 saturated heterocycles. The molecule has 24 heavy (non-hydrogen) atoms. The zero-order valence-electron chi connectivity index (χ0n) is 12.9. The lowest BCUT2D eigenvalue weighted by Crippen LogP contribution is -2.39. The predicted molar refractivity (Wildman–Crippen MR) is 92.6 cm³/mol. The largest absolute Gasteiger partial charge is 0.272 e. The van der Waals surface area contributed by atoms with Gasteiger partial charge in [0.1, 0.15) is 0 Å². The number of hydrogen-bond donors (Lipinski definition) is 0. The van der Waals surface area contributed by atoms with E-state index in [0.29, 0.717) is 5.82 Å². The number of benzene rings is 2. The fourth-order valence-electron chi connectivity index (χ4n) is 2.87. The third-order valence-corrected chi connectivity index (χ3v) is 4.01. The van der Waals surface area contributed by atoms with Gasteiger partial charge < -0.3 is 0 Å². The van der Waals surface area contributed by atoms with Crippen LogP contribution in [0.2, 0.25) is 0 Å². The lowest BCUT2D eigenvalue weighted by atomic mass is 10.2. The van der Waals surface area contributed by atoms with Gasteiger partial charge in [-0.2, -0.15) is 5.01 Å². The van der Waals surface area contributed by atoms with Gasteiger partial charge in [-0.3, -0.25) is 9.59 Å². The Hall–Kier alpha value is -3.21. The highest BCUT2D eigenvalue weighted by Crippen LogP contribution is 2.22. The van der Waals surface area contributed by atoms with Gasteiger partial charge in [-0.15, -0.1) is 0 Å². The number of hydrogen-bond acceptors (Lipinski definition) is 3. The van der Waals surface area contributed by atoms with E-state index in [-0.39, 0.29) is 24.7 Å². The maximum atomic E-state index is 12.2. The Morgan fingerprint density at radius 1 is 0.833 bits per heavy atom. The van der Waals surface area contributed by atoms with E-state index < -0.39 is 0 Å². The fourth-order valence-corrected chi connectivity index (χ4v) is 2.87. The number of carbonyl (C=O) groups excluding carboxylic acids is 2. The summed E-state index contributed by atoms with van der Waals surface area (Å²) < 4.78 is 1.62. The number of amides is 2. The standard InChI is InChI=1S/C19H15N3O2/c23-18-12-13-19(24)22(18)21-16-9-5-4-8-15(16)20-17(21)11-10-14-6-2-1-3-7-14/h1-11H,12-13H2/b11-10+. The molecule has 5 heteroatoms. The number of aromatic nitrogens is 2. The number of imide groups is 1. The molecule has 0 N–H and O–H groups in total. The zero-order valence-corrected chi connectivity index (χ0v) is 12.9. The maximum absolute atomic E-state index is 12.2. The third-order valence-electron chi connectivity index (χ3n) is 4.01. The SMILES string of the molecule is O=C1CCC(=O)N1n1c(/C=C/c2ccccc2)nc2ccccc21. The Kier molecular flexibility index (Phi) is 3.46. The summed E-state index contributed by atoms with van der Waals surface area (Å²) in [5.41, 5.74) is 2.52. The highest BCUT2D eigenvalue weighted by molar-refractivity contribution is 6.15. The molecule has 0 unspecified atom stereocenters. The Labute approximate surface area is 138 Å². The molecule has 0 aliphatic carbocycles. The minimum Gasteiger partial charge on any atom is -0.272 e. The van der Waals surface area contributed by atoms with Crippen LogP contribution in [0.3, 0.4) is 0 Å². The van der Waals surface area contributed by atoms with Gasteiger partial charge in [0, 0.05) is 12.8 Å². The number of fused-ring (bicyclic) bond motifs is 1. The average molecular weight is 317 g/mol. The quantitative estimate of drug-likeness (QED) is 0.698. The molecular weight excluding hydrogens is 302 g/mol. The van der Waals surface area contributed by atoms with Crippen LogP contribution in [0.25, 0.3) is 23.2 Å². The van der Waals surface area contributed by atoms with E-state index in [1.54, 1.807) is 4.68 Å². The van der Waals surface area contributed by atoms with Crippen LogP contribution in [0.1, 0.15) is 24.2 Å². The lowest BCUT2D eigenvalue weighted by Gasteiger charge is -2.17. The second kappa shape index (κ2) is 5.77. The van der Waals surface area contributed by atoms with E-state index in [0.717, 1.165) is 16.6 Å². The Bertz CT molecular complexity index is 941. The van der Waals surface area contributed by atoms with Gasteiger partial charge in [0.05, 0.1) is 11.0 Å². The minimum absolute atomic E-state index is 0.197. The van der Waals surface area contributed by atoms with E-state index in [4.69, 9.17) is 0 Å². The van der Waals surface area contributed by atoms with Crippen LogP contribution in [-0.4, -0.2) is 21.5 Å². The highest BCUT2D eigenvalue weighted by Gasteiger charge is 2.32. The maximum Gasteiger partial charge on any atom is 0.249 e. The van der Waals surface area contributed by atoms with Gasteiger partial charge >= 0.3 is 0 Å². The molecule has 1 aromatic heterocycles. The van der Waals surface area contributed by atoms with Crippen LogP contribution in [0.4, 0.5) is 0 Å². The van der Waals surface area contributed by atoms with Gasteiger partial charge in [-0.1, -0.05) is 48.5 Å². The van der Waals surface area contributed by atoms with Crippen LogP contribution in [-0.2, 0) is 9.59 Å². The van der Waals surface area contributed by atoms with E-state index in [2.05, 4.69) is 4.98 Å². The van der Waals surface area contributed by atoms with Crippen molar-refractivity contribution < 1.29 is 9.59 Å². The summed E-state index contributed by atoms with van der Waals surface area (Å²) in [5, 5.41) is 1.21. The molecule has 5 nitrogen and oxygen atoms in total. The molecule has 4 rings (SSSR count). The molecule has 2 amide bonds. The smallest absolute Gasteiger partial charge is 0.249 e. The van der Waals surface area contributed by atoms with Crippen molar-refractivity contribution in [2.24, 2.45) is 0 Å². The Morgan fingerprint density at radius 2 is 1.50 bits per heavy atom. The minimum atomic E-state index is -0.197. The molecular formula is C19H15N3O2. The molecule has 1 aliphatic heterocycles. The van der Waals surface area contributed by atoms with E-state index >= 15 is 0 Å². The number of nitrogens with zero attached hydrogens (tertiary/aromatic N) is 3. The van der Waals surface area contributed by atoms with Crippen LogP contribution >= 0.6 is 0 Å². The van der Waals surface area contributed by atoms with Gasteiger partial charge in [0.15, 0.2) is 5.82 Å². The summed E-state index contributed by atoms with van der Waals surface area (Å²) in [6, 6.07) is 17.3. The van der Waals surface area contributed by atoms with Gasteiger partial charge in [0.2, 0.25) is 11.8 Å². The van der Waals surface area contributed by atoms with Crippen molar-refractivity contribution in [3.05, 3.63) is 66.0 Å². The summed E-state index contributed by atoms with van der Waals surface area (Å²) >= 11 is 0. The predicted octanol–water partition coefficient (Wildman–Crippen LogP) is 2.99. The van der Waals surface area contributed by atoms with Crippen molar-refractivity contribution in [2.75, 3.05) is 5.01 Å². The number of para-hydroxylation sites is 2. The molecule has 1 aliphatic rings. The van der Waals surface area contributed by atoms with Crippen molar-refractivity contribution in [3.8, 4) is 0 Å². The number of carbonyl (C=O) groups is 2. The Morgan fingerprint density at radius 3 is 2.25 bits per heavy atom. The van der Waals surface area contributed by atoms with Crippen LogP contribution in [0.5, 0.6) is 0 Å². The molecule has 1 fully saturated rings. The fraction of sp³-hybridized carbons (Fsp3) is 0.105. The zero-order chi connectivity index (χ0) is 16.5. The molecule has 0 saturated carbocycles. The topological polar surface area (TPSA) is 55.2 Å². The molecule has 0 bridgehead atoms. The van der Waals surface area contributed by atoms with Gasteiger partial charge in [-0.25, -0.2) is 9.66 Å². The van der Waals surface area contributed by atoms with E-state index in [1.165, 1.54) is 5.01 Å². The third kappa shape index (κ3) is 2.40. The molecule has 2 heterocycles. The van der Waals surface area contributed by atoms with E-state index in [1.807, 2.05) is 66.7 Å². The molecule has 0 spiro atoms. The first-order chi connectivity index (χ1) is 11.7. The van der Waals surface area contributed by atoms with Crippen molar-refractivity contribution in [3.63, 3.8) is 0 Å². The second-order valence-corrected chi connectivity index (χ2v) is 5.61. The van der Waals surface area contributed by atoms with Crippen LogP contribution < -0.4 is 5.01 Å². The molecule has 3 aromatic rings. The number of rotatable bonds is 3. The summed E-state index contributed by atoms with van der Waals surface area (Å²) in [4.78, 5) is 28.9. The van der Waals surface area contributed by atoms with Crippen LogP contribution in [0, 0.1) is 0 Å². The summed E-state index contributed by atoms with van der Waals surface area (Å²) in [6.07, 6.45) is 4.23. The summed E-state index contributed by atoms with van der Waals surface area (Å²) in [7, 11) is 0. The highest BCUT2D eigenvalue weighted by atomic mass is 16.2. The first-order valence-corrected chi connectivity index (χ1v) is 7.81. The number of imidazole rings is 1.